The van der Waals surface area contributed by atoms with Crippen LogP contribution in [0.25, 0.3) is 20.2 Å². The normalized spacial score (nSPS) is 21.8. The van der Waals surface area contributed by atoms with Crippen LogP contribution in [0.15, 0.2) is 78.9 Å². The average molecular weight is 699 g/mol. The fourth-order valence-electron chi connectivity index (χ4n) is 10.8. The van der Waals surface area contributed by atoms with Crippen molar-refractivity contribution >= 4 is 83.0 Å². The number of rotatable bonds is 1. The van der Waals surface area contributed by atoms with E-state index in [1.54, 1.807) is 5.56 Å². The smallest absolute Gasteiger partial charge is 0.254 e. The topological polar surface area (TPSA) is 6.48 Å². The predicted molar refractivity (Wildman–Crippen MR) is 228 cm³/mol. The Morgan fingerprint density at radius 2 is 1.38 bits per heavy atom. The summed E-state index contributed by atoms with van der Waals surface area (Å²) in [6.45, 7) is 24.2. The van der Waals surface area contributed by atoms with Gasteiger partial charge < -0.3 is 9.80 Å². The van der Waals surface area contributed by atoms with Gasteiger partial charge in [-0.25, -0.2) is 0 Å². The third kappa shape index (κ3) is 4.08. The van der Waals surface area contributed by atoms with Crippen LogP contribution in [0.1, 0.15) is 109 Å². The number of anilines is 5. The minimum absolute atomic E-state index is 0.00434. The minimum Gasteiger partial charge on any atom is -0.335 e. The summed E-state index contributed by atoms with van der Waals surface area (Å²) in [6.07, 6.45) is 5.03. The highest BCUT2D eigenvalue weighted by atomic mass is 32.1. The van der Waals surface area contributed by atoms with Gasteiger partial charge in [0.1, 0.15) is 0 Å². The van der Waals surface area contributed by atoms with E-state index in [1.807, 2.05) is 11.3 Å². The number of benzene rings is 5. The first-order chi connectivity index (χ1) is 24.6. The predicted octanol–water partition coefficient (Wildman–Crippen LogP) is 11.6. The monoisotopic (exact) mass is 698 g/mol. The zero-order valence-corrected chi connectivity index (χ0v) is 33.5. The Hall–Kier alpha value is -4.02. The largest absolute Gasteiger partial charge is 0.335 e. The lowest BCUT2D eigenvalue weighted by Crippen LogP contribution is -2.64. The third-order valence-electron chi connectivity index (χ3n) is 13.9. The summed E-state index contributed by atoms with van der Waals surface area (Å²) < 4.78 is 2.81. The summed E-state index contributed by atoms with van der Waals surface area (Å²) in [5, 5.41) is 2.75. The molecule has 1 fully saturated rings. The fourth-order valence-corrected chi connectivity index (χ4v) is 12.1. The SMILES string of the molecule is Cc1cc2c3c(c1)N1c4c(cc(C(C)(C)C)cc4C4(C)CCCCC14C)B3c1c(ccc3c1sc1ccccc13)N2c1ccc(C(C)(C)C)cc1C. The van der Waals surface area contributed by atoms with E-state index in [4.69, 9.17) is 0 Å². The molecule has 4 heterocycles. The molecule has 4 heteroatoms. The van der Waals surface area contributed by atoms with Crippen LogP contribution in [0.5, 0.6) is 0 Å². The van der Waals surface area contributed by atoms with Gasteiger partial charge >= 0.3 is 0 Å². The van der Waals surface area contributed by atoms with Crippen LogP contribution in [0, 0.1) is 13.8 Å². The quantitative estimate of drug-likeness (QED) is 0.158. The van der Waals surface area contributed by atoms with Crippen LogP contribution in [-0.4, -0.2) is 12.3 Å². The van der Waals surface area contributed by atoms with Gasteiger partial charge in [-0.05, 0) is 124 Å². The summed E-state index contributed by atoms with van der Waals surface area (Å²) in [6, 6.07) is 31.5. The van der Waals surface area contributed by atoms with Gasteiger partial charge in [0.15, 0.2) is 0 Å². The Balaban J connectivity index is 1.38. The summed E-state index contributed by atoms with van der Waals surface area (Å²) in [7, 11) is 0. The van der Waals surface area contributed by atoms with E-state index in [-0.39, 0.29) is 28.5 Å². The van der Waals surface area contributed by atoms with Gasteiger partial charge in [-0.2, -0.15) is 0 Å². The van der Waals surface area contributed by atoms with Gasteiger partial charge in [-0.3, -0.25) is 0 Å². The molecular weight excluding hydrogens is 647 g/mol. The highest BCUT2D eigenvalue weighted by Gasteiger charge is 2.61. The Bertz CT molecular complexity index is 2530. The molecule has 2 unspecified atom stereocenters. The highest BCUT2D eigenvalue weighted by molar-refractivity contribution is 7.28. The van der Waals surface area contributed by atoms with Crippen LogP contribution in [0.2, 0.25) is 0 Å². The van der Waals surface area contributed by atoms with Crippen LogP contribution < -0.4 is 26.2 Å². The lowest BCUT2D eigenvalue weighted by molar-refractivity contribution is 0.195. The zero-order chi connectivity index (χ0) is 36.3. The van der Waals surface area contributed by atoms with Crippen molar-refractivity contribution in [1.29, 1.82) is 0 Å². The van der Waals surface area contributed by atoms with Gasteiger partial charge in [0.2, 0.25) is 0 Å². The average Bonchev–Trinajstić information content (AvgIpc) is 3.56. The van der Waals surface area contributed by atoms with Crippen LogP contribution in [0.4, 0.5) is 28.4 Å². The second-order valence-corrected chi connectivity index (χ2v) is 20.1. The summed E-state index contributed by atoms with van der Waals surface area (Å²) in [4.78, 5) is 5.54. The second kappa shape index (κ2) is 10.3. The summed E-state index contributed by atoms with van der Waals surface area (Å²) in [5.41, 5.74) is 18.7. The van der Waals surface area contributed by atoms with Gasteiger partial charge in [0.25, 0.3) is 6.71 Å². The first kappa shape index (κ1) is 32.6. The minimum atomic E-state index is 0.00434. The maximum atomic E-state index is 2.88. The molecule has 1 aromatic heterocycles. The summed E-state index contributed by atoms with van der Waals surface area (Å²) >= 11 is 1.99. The van der Waals surface area contributed by atoms with Crippen molar-refractivity contribution in [3.8, 4) is 0 Å². The number of fused-ring (bicyclic) bond motifs is 11. The molecule has 1 saturated carbocycles. The molecule has 1 aliphatic carbocycles. The molecule has 3 aliphatic heterocycles. The van der Waals surface area contributed by atoms with Crippen molar-refractivity contribution in [2.24, 2.45) is 0 Å². The van der Waals surface area contributed by atoms with Crippen molar-refractivity contribution in [1.82, 2.24) is 0 Å². The van der Waals surface area contributed by atoms with Crippen molar-refractivity contribution in [3.63, 3.8) is 0 Å². The molecule has 10 rings (SSSR count). The second-order valence-electron chi connectivity index (χ2n) is 19.1. The highest BCUT2D eigenvalue weighted by Crippen LogP contribution is 2.62. The molecule has 0 radical (unpaired) electrons. The maximum Gasteiger partial charge on any atom is 0.254 e. The molecule has 0 spiro atoms. The van der Waals surface area contributed by atoms with Crippen LogP contribution >= 0.6 is 11.3 Å². The molecule has 0 N–H and O–H groups in total. The van der Waals surface area contributed by atoms with Crippen molar-refractivity contribution < 1.29 is 0 Å². The first-order valence-electron chi connectivity index (χ1n) is 19.6. The summed E-state index contributed by atoms with van der Waals surface area (Å²) in [5.74, 6) is 0. The van der Waals surface area contributed by atoms with Crippen molar-refractivity contribution in [2.75, 3.05) is 9.80 Å². The maximum absolute atomic E-state index is 2.88. The number of aryl methyl sites for hydroxylation is 2. The van der Waals surface area contributed by atoms with Crippen molar-refractivity contribution in [3.05, 3.63) is 107 Å². The molecule has 2 nitrogen and oxygen atoms in total. The first-order valence-corrected chi connectivity index (χ1v) is 20.4. The van der Waals surface area contributed by atoms with E-state index in [1.165, 1.54) is 113 Å². The Kier molecular flexibility index (Phi) is 6.49. The number of thiophene rings is 1. The number of hydrogen-bond acceptors (Lipinski definition) is 3. The van der Waals surface area contributed by atoms with Gasteiger partial charge in [0.05, 0.1) is 5.54 Å². The molecule has 262 valence electrons. The fraction of sp³-hybridized carbons (Fsp3) is 0.375. The molecule has 4 aliphatic rings. The number of hydrogen-bond donors (Lipinski definition) is 0. The van der Waals surface area contributed by atoms with E-state index >= 15 is 0 Å². The molecule has 2 atom stereocenters. The van der Waals surface area contributed by atoms with Crippen molar-refractivity contribution in [2.45, 2.75) is 117 Å². The standard InChI is InChI=1S/C48H51BN2S/c1-28-23-38-41-39(24-28)51-43-34(47(9)21-13-14-22-48(47,51)10)26-31(46(6,7)8)27-35(43)49(41)42-37(20-18-33-32-15-11-12-16-40(32)52-44(33)42)50(38)36-19-17-30(25-29(36)2)45(3,4)5/h11-12,15-20,23-27H,13-14,21-22H2,1-10H3. The Labute approximate surface area is 314 Å². The molecule has 0 bridgehead atoms. The third-order valence-corrected chi connectivity index (χ3v) is 15.1. The molecule has 5 aromatic carbocycles. The van der Waals surface area contributed by atoms with E-state index in [0.717, 1.165) is 0 Å². The van der Waals surface area contributed by atoms with Gasteiger partial charge in [-0.1, -0.05) is 110 Å². The van der Waals surface area contributed by atoms with E-state index in [0.29, 0.717) is 0 Å². The lowest BCUT2D eigenvalue weighted by atomic mass is 9.33. The molecule has 52 heavy (non-hydrogen) atoms. The van der Waals surface area contributed by atoms with E-state index < -0.39 is 0 Å². The van der Waals surface area contributed by atoms with Gasteiger partial charge in [0, 0.05) is 48.6 Å². The lowest BCUT2D eigenvalue weighted by Gasteiger charge is -2.53. The molecule has 0 saturated heterocycles. The zero-order valence-electron chi connectivity index (χ0n) is 32.7. The Morgan fingerprint density at radius 3 is 2.13 bits per heavy atom. The van der Waals surface area contributed by atoms with E-state index in [2.05, 4.69) is 158 Å². The number of nitrogens with zero attached hydrogens (tertiary/aromatic N) is 2. The van der Waals surface area contributed by atoms with Crippen LogP contribution in [-0.2, 0) is 16.2 Å². The molecular formula is C48H51BN2S. The molecule has 0 amide bonds. The molecule has 6 aromatic rings. The Morgan fingerprint density at radius 1 is 0.673 bits per heavy atom. The van der Waals surface area contributed by atoms with Crippen LogP contribution in [0.3, 0.4) is 0 Å². The van der Waals surface area contributed by atoms with E-state index in [9.17, 15) is 0 Å². The van der Waals surface area contributed by atoms with Gasteiger partial charge in [-0.15, -0.1) is 11.3 Å².